The van der Waals surface area contributed by atoms with E-state index in [2.05, 4.69) is 41.3 Å². The van der Waals surface area contributed by atoms with Crippen LogP contribution < -0.4 is 10.1 Å². The van der Waals surface area contributed by atoms with Crippen LogP contribution in [0.1, 0.15) is 60.8 Å². The van der Waals surface area contributed by atoms with Crippen LogP contribution in [0.5, 0.6) is 5.75 Å². The number of hydrogen-bond donors (Lipinski definition) is 1. The molecule has 39 heavy (non-hydrogen) atoms. The van der Waals surface area contributed by atoms with E-state index in [1.165, 1.54) is 17.4 Å². The first-order chi connectivity index (χ1) is 18.6. The van der Waals surface area contributed by atoms with Crippen molar-refractivity contribution in [3.05, 3.63) is 64.6 Å². The fourth-order valence-corrected chi connectivity index (χ4v) is 6.28. The molecule has 0 aliphatic carbocycles. The Bertz CT molecular complexity index is 1510. The monoisotopic (exact) mass is 547 g/mol. The van der Waals surface area contributed by atoms with Crippen molar-refractivity contribution in [2.45, 2.75) is 63.4 Å². The third-order valence-electron chi connectivity index (χ3n) is 7.37. The number of fused-ring (bicyclic) bond motifs is 1. The Labute approximate surface area is 231 Å². The molecule has 0 spiro atoms. The Morgan fingerprint density at radius 1 is 1.13 bits per heavy atom. The number of benzene rings is 2. The highest BCUT2D eigenvalue weighted by atomic mass is 32.2. The topological polar surface area (TPSA) is 96.8 Å². The predicted molar refractivity (Wildman–Crippen MR) is 156 cm³/mol. The summed E-state index contributed by atoms with van der Waals surface area (Å²) in [5.41, 5.74) is 5.61. The second-order valence-corrected chi connectivity index (χ2v) is 12.9. The van der Waals surface area contributed by atoms with Crippen LogP contribution in [0.2, 0.25) is 0 Å². The fraction of sp³-hybridized carbons (Fsp3) is 0.433. The number of anilines is 2. The molecule has 9 heteroatoms. The molecule has 8 nitrogen and oxygen atoms in total. The molecule has 0 bridgehead atoms. The third kappa shape index (κ3) is 6.15. The third-order valence-corrected chi connectivity index (χ3v) is 8.52. The highest BCUT2D eigenvalue weighted by Crippen LogP contribution is 2.37. The molecule has 0 unspecified atom stereocenters. The molecule has 3 heterocycles. The molecule has 0 amide bonds. The highest BCUT2D eigenvalue weighted by Gasteiger charge is 2.24. The number of rotatable bonds is 8. The number of para-hydroxylation sites is 1. The molecule has 2 aromatic carbocycles. The largest absolute Gasteiger partial charge is 0.491 e. The maximum atomic E-state index is 12.4. The number of ether oxygens (including phenoxy) is 1. The van der Waals surface area contributed by atoms with Gasteiger partial charge in [-0.2, -0.15) is 0 Å². The van der Waals surface area contributed by atoms with Crippen LogP contribution >= 0.6 is 0 Å². The zero-order valence-corrected chi connectivity index (χ0v) is 24.2. The SMILES string of the molecule is Cc1cc(Cc2nc3c(c(Nc4ccccc4S(C)(=O)=O)n2)N=CC3)c(OC(C)C)cc1C1CCN(C)CC1. The summed E-state index contributed by atoms with van der Waals surface area (Å²) in [6, 6.07) is 11.3. The lowest BCUT2D eigenvalue weighted by molar-refractivity contribution is 0.237. The second-order valence-electron chi connectivity index (χ2n) is 10.9. The summed E-state index contributed by atoms with van der Waals surface area (Å²) in [6.45, 7) is 8.49. The molecule has 1 fully saturated rings. The lowest BCUT2D eigenvalue weighted by Gasteiger charge is -2.30. The molecule has 1 N–H and O–H groups in total. The van der Waals surface area contributed by atoms with Gasteiger partial charge in [-0.25, -0.2) is 18.4 Å². The van der Waals surface area contributed by atoms with E-state index in [1.807, 2.05) is 20.1 Å². The van der Waals surface area contributed by atoms with Crippen molar-refractivity contribution in [1.82, 2.24) is 14.9 Å². The first-order valence-corrected chi connectivity index (χ1v) is 15.4. The van der Waals surface area contributed by atoms with Crippen molar-refractivity contribution >= 4 is 33.2 Å². The van der Waals surface area contributed by atoms with Crippen LogP contribution in [0.4, 0.5) is 17.2 Å². The van der Waals surface area contributed by atoms with Gasteiger partial charge < -0.3 is 15.0 Å². The smallest absolute Gasteiger partial charge is 0.177 e. The molecule has 1 aromatic heterocycles. The number of aryl methyl sites for hydroxylation is 1. The van der Waals surface area contributed by atoms with Gasteiger partial charge in [0.15, 0.2) is 15.7 Å². The number of aromatic nitrogens is 2. The van der Waals surface area contributed by atoms with Crippen molar-refractivity contribution in [3.8, 4) is 5.75 Å². The minimum absolute atomic E-state index is 0.0378. The van der Waals surface area contributed by atoms with Gasteiger partial charge in [-0.3, -0.25) is 4.99 Å². The standard InChI is InChI=1S/C30H37N5O3S/c1-19(2)38-26-18-23(21-11-14-35(4)15-12-21)20(3)16-22(26)17-28-32-25-10-13-31-29(25)30(34-28)33-24-8-6-7-9-27(24)39(5,36)37/h6-9,13,16,18-19,21H,10-12,14-15,17H2,1-5H3,(H,32,33,34). The van der Waals surface area contributed by atoms with Gasteiger partial charge >= 0.3 is 0 Å². The van der Waals surface area contributed by atoms with Crippen LogP contribution in [0.15, 0.2) is 46.3 Å². The average Bonchev–Trinajstić information content (AvgIpc) is 3.35. The fourth-order valence-electron chi connectivity index (χ4n) is 5.44. The molecule has 5 rings (SSSR count). The first-order valence-electron chi connectivity index (χ1n) is 13.6. The van der Waals surface area contributed by atoms with Gasteiger partial charge in [-0.1, -0.05) is 18.2 Å². The summed E-state index contributed by atoms with van der Waals surface area (Å²) >= 11 is 0. The van der Waals surface area contributed by atoms with E-state index in [-0.39, 0.29) is 11.0 Å². The average molecular weight is 548 g/mol. The number of nitrogens with one attached hydrogen (secondary N) is 1. The molecule has 0 atom stereocenters. The van der Waals surface area contributed by atoms with Gasteiger partial charge in [-0.15, -0.1) is 0 Å². The van der Waals surface area contributed by atoms with E-state index < -0.39 is 9.84 Å². The van der Waals surface area contributed by atoms with Gasteiger partial charge in [0.25, 0.3) is 0 Å². The number of sulfone groups is 1. The molecule has 0 saturated carbocycles. The van der Waals surface area contributed by atoms with E-state index >= 15 is 0 Å². The quantitative estimate of drug-likeness (QED) is 0.405. The van der Waals surface area contributed by atoms with E-state index in [9.17, 15) is 8.42 Å². The summed E-state index contributed by atoms with van der Waals surface area (Å²) in [5, 5.41) is 3.24. The Morgan fingerprint density at radius 2 is 1.87 bits per heavy atom. The van der Waals surface area contributed by atoms with Crippen LogP contribution in [0.3, 0.4) is 0 Å². The molecule has 2 aliphatic rings. The minimum atomic E-state index is -3.43. The van der Waals surface area contributed by atoms with Crippen molar-refractivity contribution < 1.29 is 13.2 Å². The van der Waals surface area contributed by atoms with Gasteiger partial charge in [-0.05, 0) is 89.0 Å². The normalized spacial score (nSPS) is 16.1. The maximum Gasteiger partial charge on any atom is 0.177 e. The van der Waals surface area contributed by atoms with E-state index in [1.54, 1.807) is 24.3 Å². The zero-order valence-electron chi connectivity index (χ0n) is 23.4. The van der Waals surface area contributed by atoms with E-state index in [4.69, 9.17) is 14.7 Å². The summed E-state index contributed by atoms with van der Waals surface area (Å²) in [7, 11) is -1.24. The Kier molecular flexibility index (Phi) is 7.73. The summed E-state index contributed by atoms with van der Waals surface area (Å²) in [6.07, 6.45) is 6.45. The molecular formula is C30H37N5O3S. The maximum absolute atomic E-state index is 12.4. The number of likely N-dealkylation sites (tertiary alicyclic amines) is 1. The predicted octanol–water partition coefficient (Wildman–Crippen LogP) is 5.38. The first kappa shape index (κ1) is 27.3. The molecule has 3 aromatic rings. The Balaban J connectivity index is 1.50. The van der Waals surface area contributed by atoms with Gasteiger partial charge in [0.1, 0.15) is 17.3 Å². The Morgan fingerprint density at radius 3 is 2.59 bits per heavy atom. The molecule has 1 saturated heterocycles. The van der Waals surface area contributed by atoms with Gasteiger partial charge in [0.05, 0.1) is 22.4 Å². The van der Waals surface area contributed by atoms with Crippen molar-refractivity contribution in [2.24, 2.45) is 4.99 Å². The number of hydrogen-bond acceptors (Lipinski definition) is 8. The summed E-state index contributed by atoms with van der Waals surface area (Å²) in [4.78, 5) is 16.8. The summed E-state index contributed by atoms with van der Waals surface area (Å²) < 4.78 is 31.1. The number of nitrogens with zero attached hydrogens (tertiary/aromatic N) is 4. The molecule has 2 aliphatic heterocycles. The second kappa shape index (κ2) is 11.1. The number of aliphatic imine (C=N–C) groups is 1. The van der Waals surface area contributed by atoms with Crippen molar-refractivity contribution in [3.63, 3.8) is 0 Å². The lowest BCUT2D eigenvalue weighted by Crippen LogP contribution is -2.29. The lowest BCUT2D eigenvalue weighted by atomic mass is 9.85. The van der Waals surface area contributed by atoms with Crippen LogP contribution in [-0.2, 0) is 22.7 Å². The van der Waals surface area contributed by atoms with E-state index in [0.717, 1.165) is 42.9 Å². The molecule has 206 valence electrons. The van der Waals surface area contributed by atoms with Gasteiger partial charge in [0, 0.05) is 30.9 Å². The summed E-state index contributed by atoms with van der Waals surface area (Å²) in [5.74, 6) is 2.55. The van der Waals surface area contributed by atoms with Crippen LogP contribution in [0, 0.1) is 6.92 Å². The highest BCUT2D eigenvalue weighted by molar-refractivity contribution is 7.90. The van der Waals surface area contributed by atoms with Crippen LogP contribution in [0.25, 0.3) is 0 Å². The molecule has 0 radical (unpaired) electrons. The van der Waals surface area contributed by atoms with Crippen LogP contribution in [-0.4, -0.2) is 62.0 Å². The molecular weight excluding hydrogens is 510 g/mol. The van der Waals surface area contributed by atoms with Crippen molar-refractivity contribution in [1.29, 1.82) is 0 Å². The minimum Gasteiger partial charge on any atom is -0.491 e. The zero-order chi connectivity index (χ0) is 27.7. The van der Waals surface area contributed by atoms with Crippen molar-refractivity contribution in [2.75, 3.05) is 31.7 Å². The Hall–Kier alpha value is -3.30. The van der Waals surface area contributed by atoms with Gasteiger partial charge in [0.2, 0.25) is 0 Å². The van der Waals surface area contributed by atoms with E-state index in [0.29, 0.717) is 41.8 Å². The number of piperidine rings is 1.